The van der Waals surface area contributed by atoms with Crippen LogP contribution in [-0.2, 0) is 17.9 Å². The third kappa shape index (κ3) is 5.92. The van der Waals surface area contributed by atoms with E-state index in [1.807, 2.05) is 12.1 Å². The van der Waals surface area contributed by atoms with Gasteiger partial charge in [-0.3, -0.25) is 24.6 Å². The van der Waals surface area contributed by atoms with E-state index >= 15 is 0 Å². The minimum absolute atomic E-state index is 0.0117. The van der Waals surface area contributed by atoms with Gasteiger partial charge in [-0.1, -0.05) is 30.3 Å². The van der Waals surface area contributed by atoms with Crippen molar-refractivity contribution in [1.82, 2.24) is 4.90 Å². The molecule has 0 radical (unpaired) electrons. The Bertz CT molecular complexity index is 1470. The van der Waals surface area contributed by atoms with Gasteiger partial charge in [0.2, 0.25) is 0 Å². The number of benzene rings is 3. The molecule has 37 heavy (non-hydrogen) atoms. The van der Waals surface area contributed by atoms with Gasteiger partial charge in [0, 0.05) is 17.7 Å². The molecule has 1 aliphatic heterocycles. The van der Waals surface area contributed by atoms with Crippen molar-refractivity contribution in [1.29, 1.82) is 5.26 Å². The van der Waals surface area contributed by atoms with Gasteiger partial charge in [-0.2, -0.15) is 5.26 Å². The van der Waals surface area contributed by atoms with Crippen LogP contribution in [0.4, 0.5) is 10.5 Å². The normalized spacial score (nSPS) is 14.1. The van der Waals surface area contributed by atoms with Gasteiger partial charge in [0.15, 0.2) is 11.5 Å². The summed E-state index contributed by atoms with van der Waals surface area (Å²) in [6, 6.07) is 18.5. The van der Waals surface area contributed by atoms with Crippen LogP contribution in [0.1, 0.15) is 22.3 Å². The molecule has 0 N–H and O–H groups in total. The highest BCUT2D eigenvalue weighted by molar-refractivity contribution is 14.1. The molecule has 3 aromatic carbocycles. The van der Waals surface area contributed by atoms with Crippen LogP contribution < -0.4 is 9.47 Å². The zero-order chi connectivity index (χ0) is 26.5. The van der Waals surface area contributed by atoms with E-state index in [4.69, 9.17) is 9.47 Å². The summed E-state index contributed by atoms with van der Waals surface area (Å²) in [6.45, 7) is 0.189. The maximum absolute atomic E-state index is 12.9. The third-order valence-corrected chi connectivity index (χ3v) is 7.13. The first-order valence-corrected chi connectivity index (χ1v) is 12.7. The summed E-state index contributed by atoms with van der Waals surface area (Å²) in [4.78, 5) is 37.2. The Labute approximate surface area is 230 Å². The monoisotopic (exact) mass is 627 g/mol. The van der Waals surface area contributed by atoms with Gasteiger partial charge in [0.05, 0.1) is 38.7 Å². The molecule has 0 bridgehead atoms. The second-order valence-electron chi connectivity index (χ2n) is 7.78. The molecule has 0 aliphatic carbocycles. The van der Waals surface area contributed by atoms with Crippen LogP contribution in [0.3, 0.4) is 0 Å². The van der Waals surface area contributed by atoms with Crippen LogP contribution >= 0.6 is 34.4 Å². The summed E-state index contributed by atoms with van der Waals surface area (Å²) in [5, 5.41) is 19.7. The number of nitrogens with zero attached hydrogens (tertiary/aromatic N) is 3. The lowest BCUT2D eigenvalue weighted by atomic mass is 10.1. The molecule has 2 amide bonds. The second-order valence-corrected chi connectivity index (χ2v) is 9.94. The molecule has 1 saturated heterocycles. The largest absolute Gasteiger partial charge is 0.493 e. The van der Waals surface area contributed by atoms with E-state index in [9.17, 15) is 25.0 Å². The minimum atomic E-state index is -0.510. The van der Waals surface area contributed by atoms with E-state index in [0.29, 0.717) is 28.2 Å². The Balaban J connectivity index is 1.52. The summed E-state index contributed by atoms with van der Waals surface area (Å²) in [6.07, 6.45) is 1.61. The number of nitro benzene ring substituents is 1. The van der Waals surface area contributed by atoms with Crippen molar-refractivity contribution in [3.05, 3.63) is 102 Å². The molecule has 1 fully saturated rings. The number of methoxy groups -OCH3 is 1. The number of nitro groups is 1. The Kier molecular flexibility index (Phi) is 8.10. The van der Waals surface area contributed by atoms with Crippen LogP contribution in [0, 0.1) is 25.0 Å². The molecule has 186 valence electrons. The van der Waals surface area contributed by atoms with E-state index in [1.165, 1.54) is 31.4 Å². The fraction of sp³-hybridized carbons (Fsp3) is 0.115. The van der Waals surface area contributed by atoms with E-state index in [2.05, 4.69) is 28.7 Å². The number of non-ortho nitro benzene ring substituents is 1. The molecule has 0 aromatic heterocycles. The number of amides is 2. The fourth-order valence-electron chi connectivity index (χ4n) is 3.56. The fourth-order valence-corrected chi connectivity index (χ4v) is 5.18. The number of ether oxygens (including phenoxy) is 2. The molecule has 11 heteroatoms. The summed E-state index contributed by atoms with van der Waals surface area (Å²) in [5.41, 5.74) is 2.45. The van der Waals surface area contributed by atoms with Crippen LogP contribution in [0.2, 0.25) is 0 Å². The van der Waals surface area contributed by atoms with Gasteiger partial charge in [-0.15, -0.1) is 0 Å². The molecular weight excluding hydrogens is 609 g/mol. The van der Waals surface area contributed by atoms with Crippen molar-refractivity contribution in [3.8, 4) is 17.6 Å². The van der Waals surface area contributed by atoms with Gasteiger partial charge < -0.3 is 9.47 Å². The zero-order valence-corrected chi connectivity index (χ0v) is 22.3. The standard InChI is InChI=1S/C26H18IN3O6S/c1-35-22-11-17(10-21(27)24(22)36-15-19-5-3-2-4-18(19)13-28)12-23-25(31)29(26(32)37-23)14-16-6-8-20(9-7-16)30(33)34/h2-12H,14-15H2,1H3/b23-12+. The van der Waals surface area contributed by atoms with E-state index < -0.39 is 16.1 Å². The molecule has 0 spiro atoms. The van der Waals surface area contributed by atoms with Crippen LogP contribution in [0.15, 0.2) is 65.6 Å². The Morgan fingerprint density at radius 3 is 2.57 bits per heavy atom. The van der Waals surface area contributed by atoms with Gasteiger partial charge in [0.25, 0.3) is 16.8 Å². The van der Waals surface area contributed by atoms with E-state index in [0.717, 1.165) is 25.8 Å². The molecule has 9 nitrogen and oxygen atoms in total. The smallest absolute Gasteiger partial charge is 0.293 e. The first kappa shape index (κ1) is 26.2. The molecule has 0 unspecified atom stereocenters. The minimum Gasteiger partial charge on any atom is -0.493 e. The first-order chi connectivity index (χ1) is 17.8. The SMILES string of the molecule is COc1cc(/C=C2/SC(=O)N(Cc3ccc([N+](=O)[O-])cc3)C2=O)cc(I)c1OCc1ccccc1C#N. The topological polar surface area (TPSA) is 123 Å². The third-order valence-electron chi connectivity index (χ3n) is 5.42. The van der Waals surface area contributed by atoms with E-state index in [-0.39, 0.29) is 23.7 Å². The second kappa shape index (κ2) is 11.4. The molecule has 4 rings (SSSR count). The highest BCUT2D eigenvalue weighted by Gasteiger charge is 2.35. The summed E-state index contributed by atoms with van der Waals surface area (Å²) >= 11 is 2.93. The molecule has 1 aliphatic rings. The predicted octanol–water partition coefficient (Wildman–Crippen LogP) is 5.90. The molecule has 3 aromatic rings. The number of carbonyl (C=O) groups excluding carboxylic acids is 2. The lowest BCUT2D eigenvalue weighted by molar-refractivity contribution is -0.384. The molecule has 0 atom stereocenters. The molecular formula is C26H18IN3O6S. The summed E-state index contributed by atoms with van der Waals surface area (Å²) in [7, 11) is 1.50. The van der Waals surface area contributed by atoms with Crippen molar-refractivity contribution < 1.29 is 24.0 Å². The van der Waals surface area contributed by atoms with Gasteiger partial charge in [-0.05, 0) is 69.8 Å². The van der Waals surface area contributed by atoms with Crippen molar-refractivity contribution >= 4 is 57.3 Å². The average molecular weight is 627 g/mol. The van der Waals surface area contributed by atoms with Crippen molar-refractivity contribution in [2.24, 2.45) is 0 Å². The maximum atomic E-state index is 12.9. The number of imide groups is 1. The van der Waals surface area contributed by atoms with Gasteiger partial charge in [0.1, 0.15) is 6.61 Å². The Hall–Kier alpha value is -3.89. The Morgan fingerprint density at radius 2 is 1.89 bits per heavy atom. The number of halogens is 1. The summed E-state index contributed by atoms with van der Waals surface area (Å²) < 4.78 is 12.2. The van der Waals surface area contributed by atoms with Gasteiger partial charge in [-0.25, -0.2) is 0 Å². The van der Waals surface area contributed by atoms with Crippen LogP contribution in [0.25, 0.3) is 6.08 Å². The number of hydrogen-bond donors (Lipinski definition) is 0. The summed E-state index contributed by atoms with van der Waals surface area (Å²) in [5.74, 6) is 0.493. The zero-order valence-electron chi connectivity index (χ0n) is 19.3. The highest BCUT2D eigenvalue weighted by Crippen LogP contribution is 2.38. The quantitative estimate of drug-likeness (QED) is 0.131. The Morgan fingerprint density at radius 1 is 1.16 bits per heavy atom. The maximum Gasteiger partial charge on any atom is 0.293 e. The van der Waals surface area contributed by atoms with Crippen LogP contribution in [0.5, 0.6) is 11.5 Å². The van der Waals surface area contributed by atoms with Crippen molar-refractivity contribution in [3.63, 3.8) is 0 Å². The molecule has 0 saturated carbocycles. The van der Waals surface area contributed by atoms with E-state index in [1.54, 1.807) is 30.3 Å². The lowest BCUT2D eigenvalue weighted by Gasteiger charge is -2.14. The van der Waals surface area contributed by atoms with Crippen molar-refractivity contribution in [2.45, 2.75) is 13.2 Å². The molecule has 1 heterocycles. The van der Waals surface area contributed by atoms with Crippen molar-refractivity contribution in [2.75, 3.05) is 7.11 Å². The number of nitriles is 1. The average Bonchev–Trinajstić information content (AvgIpc) is 3.15. The predicted molar refractivity (Wildman–Crippen MR) is 146 cm³/mol. The number of hydrogen-bond acceptors (Lipinski definition) is 8. The number of thioether (sulfide) groups is 1. The van der Waals surface area contributed by atoms with Crippen LogP contribution in [-0.4, -0.2) is 28.1 Å². The lowest BCUT2D eigenvalue weighted by Crippen LogP contribution is -2.27. The number of rotatable bonds is 8. The first-order valence-electron chi connectivity index (χ1n) is 10.8. The van der Waals surface area contributed by atoms with Gasteiger partial charge >= 0.3 is 0 Å². The number of carbonyl (C=O) groups is 2. The highest BCUT2D eigenvalue weighted by atomic mass is 127.